The molecule has 3 aromatic rings. The molecule has 3 nitrogen and oxygen atoms in total. The number of fused-ring (bicyclic) bond motifs is 1. The molecular weight excluding hydrogens is 248 g/mol. The molecule has 1 N–H and O–H groups in total. The van der Waals surface area contributed by atoms with Crippen LogP contribution in [0.5, 0.6) is 0 Å². The van der Waals surface area contributed by atoms with Crippen molar-refractivity contribution in [2.24, 2.45) is 0 Å². The van der Waals surface area contributed by atoms with E-state index in [9.17, 15) is 0 Å². The van der Waals surface area contributed by atoms with Crippen LogP contribution in [0.4, 0.5) is 5.69 Å². The molecule has 0 saturated heterocycles. The maximum atomic E-state index is 5.48. The van der Waals surface area contributed by atoms with Crippen molar-refractivity contribution in [1.82, 2.24) is 4.98 Å². The molecule has 0 atom stereocenters. The van der Waals surface area contributed by atoms with E-state index in [1.807, 2.05) is 25.1 Å². The van der Waals surface area contributed by atoms with E-state index < -0.39 is 0 Å². The minimum atomic E-state index is 0.702. The first-order valence-corrected chi connectivity index (χ1v) is 6.94. The maximum Gasteiger partial charge on any atom is 0.192 e. The van der Waals surface area contributed by atoms with Crippen LogP contribution in [0.25, 0.3) is 11.1 Å². The first-order valence-electron chi connectivity index (χ1n) is 6.94. The van der Waals surface area contributed by atoms with Crippen molar-refractivity contribution < 1.29 is 4.42 Å². The normalized spacial score (nSPS) is 10.9. The monoisotopic (exact) mass is 266 g/mol. The largest absolute Gasteiger partial charge is 0.441 e. The van der Waals surface area contributed by atoms with Gasteiger partial charge in [-0.2, -0.15) is 0 Å². The first-order chi connectivity index (χ1) is 9.76. The van der Waals surface area contributed by atoms with Crippen LogP contribution in [0, 0.1) is 6.92 Å². The van der Waals surface area contributed by atoms with Crippen molar-refractivity contribution in [3.05, 3.63) is 59.5 Å². The number of aryl methyl sites for hydroxylation is 2. The second-order valence-electron chi connectivity index (χ2n) is 4.89. The van der Waals surface area contributed by atoms with Gasteiger partial charge in [0.05, 0.1) is 0 Å². The summed E-state index contributed by atoms with van der Waals surface area (Å²) >= 11 is 0. The van der Waals surface area contributed by atoms with E-state index >= 15 is 0 Å². The Bertz CT molecular complexity index is 731. The summed E-state index contributed by atoms with van der Waals surface area (Å²) in [5.41, 5.74) is 5.53. The van der Waals surface area contributed by atoms with Crippen LogP contribution < -0.4 is 5.32 Å². The van der Waals surface area contributed by atoms with Crippen molar-refractivity contribution in [1.29, 1.82) is 0 Å². The van der Waals surface area contributed by atoms with Crippen LogP contribution in [-0.2, 0) is 13.0 Å². The fourth-order valence-electron chi connectivity index (χ4n) is 2.42. The van der Waals surface area contributed by atoms with Gasteiger partial charge in [0.15, 0.2) is 11.5 Å². The van der Waals surface area contributed by atoms with Gasteiger partial charge in [-0.05, 0) is 35.7 Å². The zero-order valence-corrected chi connectivity index (χ0v) is 11.8. The summed E-state index contributed by atoms with van der Waals surface area (Å²) in [6.07, 6.45) is 1.05. The Morgan fingerprint density at radius 1 is 1.10 bits per heavy atom. The Morgan fingerprint density at radius 2 is 1.90 bits per heavy atom. The molecule has 0 amide bonds. The third kappa shape index (κ3) is 2.52. The van der Waals surface area contributed by atoms with Gasteiger partial charge in [0.2, 0.25) is 0 Å². The number of nitrogens with one attached hydrogen (secondary N) is 1. The smallest absolute Gasteiger partial charge is 0.192 e. The lowest BCUT2D eigenvalue weighted by Gasteiger charge is -2.10. The topological polar surface area (TPSA) is 38.1 Å². The SMILES string of the molecule is CCc1ccccc1CNc1ccc2oc(C)nc2c1. The van der Waals surface area contributed by atoms with Crippen LogP contribution in [0.15, 0.2) is 46.9 Å². The molecule has 0 unspecified atom stereocenters. The molecule has 1 aromatic heterocycles. The third-order valence-corrected chi connectivity index (χ3v) is 3.48. The summed E-state index contributed by atoms with van der Waals surface area (Å²) in [5, 5.41) is 3.46. The molecule has 0 radical (unpaired) electrons. The number of aromatic nitrogens is 1. The average molecular weight is 266 g/mol. The van der Waals surface area contributed by atoms with E-state index in [4.69, 9.17) is 4.42 Å². The summed E-state index contributed by atoms with van der Waals surface area (Å²) in [5.74, 6) is 0.702. The van der Waals surface area contributed by atoms with Gasteiger partial charge in [0.1, 0.15) is 5.52 Å². The molecule has 20 heavy (non-hydrogen) atoms. The second kappa shape index (κ2) is 5.37. The average Bonchev–Trinajstić information content (AvgIpc) is 2.84. The highest BCUT2D eigenvalue weighted by molar-refractivity contribution is 5.77. The lowest BCUT2D eigenvalue weighted by molar-refractivity contribution is 0.561. The summed E-state index contributed by atoms with van der Waals surface area (Å²) in [7, 11) is 0. The van der Waals surface area contributed by atoms with Crippen LogP contribution >= 0.6 is 0 Å². The molecule has 0 aliphatic rings. The lowest BCUT2D eigenvalue weighted by atomic mass is 10.1. The van der Waals surface area contributed by atoms with Gasteiger partial charge in [0.25, 0.3) is 0 Å². The molecule has 0 saturated carbocycles. The summed E-state index contributed by atoms with van der Waals surface area (Å²) in [6.45, 7) is 4.88. The van der Waals surface area contributed by atoms with Crippen LogP contribution in [-0.4, -0.2) is 4.98 Å². The van der Waals surface area contributed by atoms with Gasteiger partial charge in [-0.25, -0.2) is 4.98 Å². The van der Waals surface area contributed by atoms with Crippen molar-refractivity contribution >= 4 is 16.8 Å². The standard InChI is InChI=1S/C17H18N2O/c1-3-13-6-4-5-7-14(13)11-18-15-8-9-17-16(10-15)19-12(2)20-17/h4-10,18H,3,11H2,1-2H3. The van der Waals surface area contributed by atoms with Crippen LogP contribution in [0.1, 0.15) is 23.9 Å². The van der Waals surface area contributed by atoms with Gasteiger partial charge >= 0.3 is 0 Å². The lowest BCUT2D eigenvalue weighted by Crippen LogP contribution is -2.02. The van der Waals surface area contributed by atoms with E-state index in [0.29, 0.717) is 5.89 Å². The first kappa shape index (κ1) is 12.7. The number of nitrogens with zero attached hydrogens (tertiary/aromatic N) is 1. The van der Waals surface area contributed by atoms with E-state index in [-0.39, 0.29) is 0 Å². The molecule has 0 aliphatic heterocycles. The molecule has 0 aliphatic carbocycles. The summed E-state index contributed by atoms with van der Waals surface area (Å²) in [6, 6.07) is 14.5. The molecule has 0 fully saturated rings. The quantitative estimate of drug-likeness (QED) is 0.764. The number of hydrogen-bond donors (Lipinski definition) is 1. The minimum absolute atomic E-state index is 0.702. The number of benzene rings is 2. The zero-order valence-electron chi connectivity index (χ0n) is 11.8. The Labute approximate surface area is 118 Å². The summed E-state index contributed by atoms with van der Waals surface area (Å²) < 4.78 is 5.48. The highest BCUT2D eigenvalue weighted by Crippen LogP contribution is 2.20. The summed E-state index contributed by atoms with van der Waals surface area (Å²) in [4.78, 5) is 4.36. The van der Waals surface area contributed by atoms with Crippen LogP contribution in [0.2, 0.25) is 0 Å². The van der Waals surface area contributed by atoms with Crippen molar-refractivity contribution in [2.75, 3.05) is 5.32 Å². The van der Waals surface area contributed by atoms with Gasteiger partial charge in [0, 0.05) is 19.2 Å². The molecule has 0 spiro atoms. The molecule has 0 bridgehead atoms. The van der Waals surface area contributed by atoms with Gasteiger partial charge in [-0.3, -0.25) is 0 Å². The van der Waals surface area contributed by atoms with Crippen molar-refractivity contribution in [3.8, 4) is 0 Å². The Morgan fingerprint density at radius 3 is 2.70 bits per heavy atom. The van der Waals surface area contributed by atoms with Crippen molar-refractivity contribution in [2.45, 2.75) is 26.8 Å². The molecule has 2 aromatic carbocycles. The Kier molecular flexibility index (Phi) is 3.42. The number of oxazole rings is 1. The minimum Gasteiger partial charge on any atom is -0.441 e. The number of rotatable bonds is 4. The van der Waals surface area contributed by atoms with Gasteiger partial charge in [-0.15, -0.1) is 0 Å². The second-order valence-corrected chi connectivity index (χ2v) is 4.89. The zero-order chi connectivity index (χ0) is 13.9. The van der Waals surface area contributed by atoms with E-state index in [0.717, 1.165) is 29.8 Å². The molecule has 3 rings (SSSR count). The molecule has 3 heteroatoms. The molecule has 1 heterocycles. The Hall–Kier alpha value is -2.29. The fourth-order valence-corrected chi connectivity index (χ4v) is 2.42. The molecule has 102 valence electrons. The predicted octanol–water partition coefficient (Wildman–Crippen LogP) is 4.31. The highest BCUT2D eigenvalue weighted by Gasteiger charge is 2.04. The van der Waals surface area contributed by atoms with Crippen molar-refractivity contribution in [3.63, 3.8) is 0 Å². The van der Waals surface area contributed by atoms with E-state index in [2.05, 4.69) is 41.5 Å². The third-order valence-electron chi connectivity index (χ3n) is 3.48. The maximum absolute atomic E-state index is 5.48. The fraction of sp³-hybridized carbons (Fsp3) is 0.235. The van der Waals surface area contributed by atoms with Gasteiger partial charge < -0.3 is 9.73 Å². The Balaban J connectivity index is 1.79. The predicted molar refractivity (Wildman–Crippen MR) is 81.9 cm³/mol. The highest BCUT2D eigenvalue weighted by atomic mass is 16.3. The molecular formula is C17H18N2O. The number of anilines is 1. The number of hydrogen-bond acceptors (Lipinski definition) is 3. The van der Waals surface area contributed by atoms with Gasteiger partial charge in [-0.1, -0.05) is 31.2 Å². The van der Waals surface area contributed by atoms with Crippen LogP contribution in [0.3, 0.4) is 0 Å². The van der Waals surface area contributed by atoms with E-state index in [1.54, 1.807) is 0 Å². The van der Waals surface area contributed by atoms with E-state index in [1.165, 1.54) is 11.1 Å².